The van der Waals surface area contributed by atoms with E-state index in [1.54, 1.807) is 0 Å². The topological polar surface area (TPSA) is 49.3 Å². The monoisotopic (exact) mass is 251 g/mol. The second-order valence-electron chi connectivity index (χ2n) is 6.92. The molecule has 3 heteroatoms. The van der Waals surface area contributed by atoms with E-state index in [2.05, 4.69) is 5.32 Å². The van der Waals surface area contributed by atoms with Crippen molar-refractivity contribution in [2.24, 2.45) is 17.3 Å². The minimum Gasteiger partial charge on any atom is -0.481 e. The smallest absolute Gasteiger partial charge is 0.306 e. The van der Waals surface area contributed by atoms with Gasteiger partial charge in [-0.3, -0.25) is 4.79 Å². The molecule has 102 valence electrons. The van der Waals surface area contributed by atoms with Crippen LogP contribution in [0.15, 0.2) is 0 Å². The number of fused-ring (bicyclic) bond motifs is 2. The number of carboxylic acids is 1. The molecule has 0 saturated heterocycles. The van der Waals surface area contributed by atoms with Gasteiger partial charge in [0.25, 0.3) is 0 Å². The number of hydrogen-bond donors (Lipinski definition) is 2. The van der Waals surface area contributed by atoms with E-state index in [1.165, 1.54) is 38.6 Å². The molecule has 0 radical (unpaired) electrons. The number of aliphatic carboxylic acids is 1. The van der Waals surface area contributed by atoms with Gasteiger partial charge in [-0.15, -0.1) is 0 Å². The van der Waals surface area contributed by atoms with Crippen molar-refractivity contribution < 1.29 is 9.90 Å². The third-order valence-corrected chi connectivity index (χ3v) is 5.73. The van der Waals surface area contributed by atoms with Gasteiger partial charge >= 0.3 is 5.97 Å². The highest BCUT2D eigenvalue weighted by atomic mass is 16.4. The van der Waals surface area contributed by atoms with Crippen molar-refractivity contribution in [1.29, 1.82) is 0 Å². The van der Waals surface area contributed by atoms with Crippen LogP contribution in [0.3, 0.4) is 0 Å². The van der Waals surface area contributed by atoms with Crippen molar-refractivity contribution in [3.63, 3.8) is 0 Å². The fraction of sp³-hybridized carbons (Fsp3) is 0.933. The van der Waals surface area contributed by atoms with Crippen LogP contribution in [-0.4, -0.2) is 23.7 Å². The number of rotatable bonds is 4. The molecule has 3 aliphatic carbocycles. The van der Waals surface area contributed by atoms with Crippen LogP contribution in [0, 0.1) is 17.3 Å². The molecule has 0 aliphatic heterocycles. The number of nitrogens with one attached hydrogen (secondary N) is 1. The molecule has 0 atom stereocenters. The van der Waals surface area contributed by atoms with Crippen molar-refractivity contribution in [2.75, 3.05) is 6.54 Å². The van der Waals surface area contributed by atoms with Crippen molar-refractivity contribution in [3.8, 4) is 0 Å². The zero-order valence-corrected chi connectivity index (χ0v) is 11.2. The average molecular weight is 251 g/mol. The second-order valence-corrected chi connectivity index (χ2v) is 6.92. The Hall–Kier alpha value is -0.570. The quantitative estimate of drug-likeness (QED) is 0.807. The van der Waals surface area contributed by atoms with E-state index in [-0.39, 0.29) is 5.92 Å². The number of hydrogen-bond acceptors (Lipinski definition) is 2. The fourth-order valence-electron chi connectivity index (χ4n) is 4.46. The Kier molecular flexibility index (Phi) is 3.35. The van der Waals surface area contributed by atoms with E-state index in [0.717, 1.165) is 31.6 Å². The fourth-order valence-corrected chi connectivity index (χ4v) is 4.46. The second kappa shape index (κ2) is 4.84. The summed E-state index contributed by atoms with van der Waals surface area (Å²) in [5.74, 6) is 0.347. The largest absolute Gasteiger partial charge is 0.481 e. The molecule has 2 bridgehead atoms. The molecule has 3 saturated carbocycles. The summed E-state index contributed by atoms with van der Waals surface area (Å²) in [7, 11) is 0. The maximum Gasteiger partial charge on any atom is 0.306 e. The van der Waals surface area contributed by atoms with Gasteiger partial charge in [-0.2, -0.15) is 0 Å². The molecule has 3 rings (SSSR count). The first kappa shape index (κ1) is 12.5. The molecular weight excluding hydrogens is 226 g/mol. The van der Waals surface area contributed by atoms with E-state index >= 15 is 0 Å². The van der Waals surface area contributed by atoms with Crippen LogP contribution in [-0.2, 0) is 4.79 Å². The van der Waals surface area contributed by atoms with Gasteiger partial charge in [0.2, 0.25) is 0 Å². The van der Waals surface area contributed by atoms with E-state index in [9.17, 15) is 4.79 Å². The van der Waals surface area contributed by atoms with Crippen molar-refractivity contribution in [1.82, 2.24) is 5.32 Å². The molecule has 3 fully saturated rings. The lowest BCUT2D eigenvalue weighted by Gasteiger charge is -2.32. The van der Waals surface area contributed by atoms with Gasteiger partial charge < -0.3 is 10.4 Å². The molecular formula is C15H25NO2. The summed E-state index contributed by atoms with van der Waals surface area (Å²) in [6.45, 7) is 1.19. The predicted octanol–water partition coefficient (Wildman–Crippen LogP) is 2.80. The lowest BCUT2D eigenvalue weighted by molar-refractivity contribution is -0.142. The zero-order chi connectivity index (χ0) is 12.6. The Bertz CT molecular complexity index is 312. The lowest BCUT2D eigenvalue weighted by Crippen LogP contribution is -2.40. The van der Waals surface area contributed by atoms with Crippen molar-refractivity contribution in [2.45, 2.75) is 63.8 Å². The van der Waals surface area contributed by atoms with Crippen molar-refractivity contribution >= 4 is 5.97 Å². The van der Waals surface area contributed by atoms with E-state index < -0.39 is 5.97 Å². The van der Waals surface area contributed by atoms with E-state index in [0.29, 0.717) is 11.5 Å². The molecule has 3 aliphatic rings. The first-order valence-electron chi connectivity index (χ1n) is 7.63. The third-order valence-electron chi connectivity index (χ3n) is 5.73. The van der Waals surface area contributed by atoms with Crippen LogP contribution < -0.4 is 5.32 Å². The SMILES string of the molecule is O=C(O)C1CCC(NCC23CCC(CC2)C3)CC1. The molecule has 0 heterocycles. The summed E-state index contributed by atoms with van der Waals surface area (Å²) in [6, 6.07) is 0.578. The van der Waals surface area contributed by atoms with Gasteiger partial charge in [-0.05, 0) is 69.1 Å². The summed E-state index contributed by atoms with van der Waals surface area (Å²) >= 11 is 0. The normalized spacial score (nSPS) is 43.2. The van der Waals surface area contributed by atoms with E-state index in [1.807, 2.05) is 0 Å². The molecule has 18 heavy (non-hydrogen) atoms. The van der Waals surface area contributed by atoms with Crippen LogP contribution in [0.25, 0.3) is 0 Å². The molecule has 3 nitrogen and oxygen atoms in total. The highest BCUT2D eigenvalue weighted by molar-refractivity contribution is 5.70. The third kappa shape index (κ3) is 2.42. The first-order chi connectivity index (χ1) is 8.67. The molecule has 0 aromatic carbocycles. The minimum absolute atomic E-state index is 0.0800. The van der Waals surface area contributed by atoms with Gasteiger partial charge in [0.15, 0.2) is 0 Å². The highest BCUT2D eigenvalue weighted by Crippen LogP contribution is 2.53. The molecule has 0 aromatic rings. The van der Waals surface area contributed by atoms with Gasteiger partial charge in [-0.1, -0.05) is 0 Å². The van der Waals surface area contributed by atoms with Crippen LogP contribution in [0.1, 0.15) is 57.8 Å². The number of carbonyl (C=O) groups is 1. The van der Waals surface area contributed by atoms with E-state index in [4.69, 9.17) is 5.11 Å². The Morgan fingerprint density at radius 2 is 1.78 bits per heavy atom. The van der Waals surface area contributed by atoms with Crippen molar-refractivity contribution in [3.05, 3.63) is 0 Å². The summed E-state index contributed by atoms with van der Waals surface area (Å²) in [4.78, 5) is 10.9. The Morgan fingerprint density at radius 1 is 1.11 bits per heavy atom. The van der Waals surface area contributed by atoms with Gasteiger partial charge in [0.1, 0.15) is 0 Å². The molecule has 0 unspecified atom stereocenters. The van der Waals surface area contributed by atoms with Crippen LogP contribution >= 0.6 is 0 Å². The Labute approximate surface area is 109 Å². The zero-order valence-electron chi connectivity index (χ0n) is 11.2. The molecule has 0 aromatic heterocycles. The average Bonchev–Trinajstić information content (AvgIpc) is 2.98. The minimum atomic E-state index is -0.596. The van der Waals surface area contributed by atoms with Gasteiger partial charge in [0, 0.05) is 12.6 Å². The van der Waals surface area contributed by atoms with Crippen LogP contribution in [0.5, 0.6) is 0 Å². The molecule has 0 spiro atoms. The molecule has 0 amide bonds. The highest BCUT2D eigenvalue weighted by Gasteiger charge is 2.44. The van der Waals surface area contributed by atoms with Gasteiger partial charge in [0.05, 0.1) is 5.92 Å². The maximum atomic E-state index is 10.9. The standard InChI is InChI=1S/C15H25NO2/c17-14(18)12-1-3-13(4-2-12)16-10-15-7-5-11(9-15)6-8-15/h11-13,16H,1-10H2,(H,17,18). The summed E-state index contributed by atoms with van der Waals surface area (Å²) < 4.78 is 0. The molecule has 2 N–H and O–H groups in total. The Balaban J connectivity index is 1.43. The Morgan fingerprint density at radius 3 is 2.28 bits per heavy atom. The maximum absolute atomic E-state index is 10.9. The van der Waals surface area contributed by atoms with Crippen LogP contribution in [0.4, 0.5) is 0 Å². The summed E-state index contributed by atoms with van der Waals surface area (Å²) in [5.41, 5.74) is 0.619. The first-order valence-corrected chi connectivity index (χ1v) is 7.63. The lowest BCUT2D eigenvalue weighted by atomic mass is 9.82. The van der Waals surface area contributed by atoms with Crippen LogP contribution in [0.2, 0.25) is 0 Å². The summed E-state index contributed by atoms with van der Waals surface area (Å²) in [5, 5.41) is 12.7. The predicted molar refractivity (Wildman–Crippen MR) is 70.4 cm³/mol. The summed E-state index contributed by atoms with van der Waals surface area (Å²) in [6.07, 6.45) is 11.0. The number of carboxylic acid groups (broad SMARTS) is 1. The van der Waals surface area contributed by atoms with Gasteiger partial charge in [-0.25, -0.2) is 0 Å².